The van der Waals surface area contributed by atoms with Gasteiger partial charge in [-0.15, -0.1) is 11.6 Å². The van der Waals surface area contributed by atoms with Crippen LogP contribution in [0.2, 0.25) is 0 Å². The standard InChI is InChI=1S/C15H21ClN2O2/c1-12(11-16)15(19)18-9-7-17(8-10-18)13-3-5-14(20-2)6-4-13/h3-6,12H,7-11H2,1-2H3. The minimum atomic E-state index is -0.0933. The monoisotopic (exact) mass is 296 g/mol. The number of amides is 1. The first-order valence-corrected chi connectivity index (χ1v) is 7.43. The van der Waals surface area contributed by atoms with Gasteiger partial charge in [0.05, 0.1) is 7.11 Å². The van der Waals surface area contributed by atoms with Gasteiger partial charge in [-0.1, -0.05) is 6.92 Å². The van der Waals surface area contributed by atoms with Crippen LogP contribution < -0.4 is 9.64 Å². The Kier molecular flexibility index (Phi) is 5.12. The Morgan fingerprint density at radius 1 is 1.25 bits per heavy atom. The number of rotatable bonds is 4. The van der Waals surface area contributed by atoms with E-state index < -0.39 is 0 Å². The number of ether oxygens (including phenoxy) is 1. The second kappa shape index (κ2) is 6.84. The second-order valence-corrected chi connectivity index (χ2v) is 5.37. The fourth-order valence-corrected chi connectivity index (χ4v) is 2.49. The molecule has 0 spiro atoms. The maximum atomic E-state index is 12.1. The summed E-state index contributed by atoms with van der Waals surface area (Å²) in [4.78, 5) is 16.3. The Balaban J connectivity index is 1.92. The zero-order valence-electron chi connectivity index (χ0n) is 12.0. The number of anilines is 1. The quantitative estimate of drug-likeness (QED) is 0.799. The number of carbonyl (C=O) groups excluding carboxylic acids is 1. The first kappa shape index (κ1) is 15.0. The molecule has 1 aromatic carbocycles. The van der Waals surface area contributed by atoms with Crippen LogP contribution in [0.4, 0.5) is 5.69 Å². The summed E-state index contributed by atoms with van der Waals surface area (Å²) < 4.78 is 5.16. The van der Waals surface area contributed by atoms with Gasteiger partial charge in [0.2, 0.25) is 5.91 Å². The fourth-order valence-electron chi connectivity index (χ4n) is 2.36. The van der Waals surface area contributed by atoms with Gasteiger partial charge >= 0.3 is 0 Å². The SMILES string of the molecule is COc1ccc(N2CCN(C(=O)C(C)CCl)CC2)cc1. The smallest absolute Gasteiger partial charge is 0.226 e. The van der Waals surface area contributed by atoms with Gasteiger partial charge in [-0.25, -0.2) is 0 Å². The molecule has 4 nitrogen and oxygen atoms in total. The van der Waals surface area contributed by atoms with Crippen LogP contribution in [0.3, 0.4) is 0 Å². The first-order chi connectivity index (χ1) is 9.65. The van der Waals surface area contributed by atoms with E-state index in [9.17, 15) is 4.79 Å². The Morgan fingerprint density at radius 3 is 2.35 bits per heavy atom. The molecular weight excluding hydrogens is 276 g/mol. The van der Waals surface area contributed by atoms with Crippen LogP contribution in [-0.4, -0.2) is 50.0 Å². The molecule has 0 saturated carbocycles. The molecule has 1 unspecified atom stereocenters. The van der Waals surface area contributed by atoms with Gasteiger partial charge in [0.1, 0.15) is 5.75 Å². The van der Waals surface area contributed by atoms with Crippen molar-refractivity contribution in [3.05, 3.63) is 24.3 Å². The summed E-state index contributed by atoms with van der Waals surface area (Å²) >= 11 is 5.75. The van der Waals surface area contributed by atoms with Crippen molar-refractivity contribution in [2.75, 3.05) is 44.1 Å². The third-order valence-corrected chi connectivity index (χ3v) is 4.14. The lowest BCUT2D eigenvalue weighted by Crippen LogP contribution is -2.50. The van der Waals surface area contributed by atoms with Crippen LogP contribution in [0.5, 0.6) is 5.75 Å². The zero-order valence-corrected chi connectivity index (χ0v) is 12.8. The molecule has 110 valence electrons. The topological polar surface area (TPSA) is 32.8 Å². The van der Waals surface area contributed by atoms with E-state index in [0.29, 0.717) is 5.88 Å². The summed E-state index contributed by atoms with van der Waals surface area (Å²) in [6, 6.07) is 8.03. The highest BCUT2D eigenvalue weighted by atomic mass is 35.5. The van der Waals surface area contributed by atoms with E-state index in [4.69, 9.17) is 16.3 Å². The number of methoxy groups -OCH3 is 1. The van der Waals surface area contributed by atoms with Gasteiger partial charge in [-0.3, -0.25) is 4.79 Å². The summed E-state index contributed by atoms with van der Waals surface area (Å²) in [7, 11) is 1.66. The predicted octanol–water partition coefficient (Wildman–Crippen LogP) is 2.22. The summed E-state index contributed by atoms with van der Waals surface area (Å²) in [5, 5.41) is 0. The molecule has 1 fully saturated rings. The third kappa shape index (κ3) is 3.37. The number of hydrogen-bond donors (Lipinski definition) is 0. The third-order valence-electron chi connectivity index (χ3n) is 3.68. The molecule has 0 radical (unpaired) electrons. The van der Waals surface area contributed by atoms with E-state index >= 15 is 0 Å². The van der Waals surface area contributed by atoms with Crippen molar-refractivity contribution in [1.29, 1.82) is 0 Å². The molecule has 1 amide bonds. The molecule has 0 N–H and O–H groups in total. The maximum Gasteiger partial charge on any atom is 0.226 e. The van der Waals surface area contributed by atoms with Crippen molar-refractivity contribution >= 4 is 23.2 Å². The molecule has 0 aromatic heterocycles. The van der Waals surface area contributed by atoms with Crippen molar-refractivity contribution in [3.8, 4) is 5.75 Å². The Labute approximate surface area is 125 Å². The molecule has 1 aromatic rings. The van der Waals surface area contributed by atoms with Crippen LogP contribution >= 0.6 is 11.6 Å². The van der Waals surface area contributed by atoms with Crippen LogP contribution in [-0.2, 0) is 4.79 Å². The number of nitrogens with zero attached hydrogens (tertiary/aromatic N) is 2. The molecule has 2 rings (SSSR count). The van der Waals surface area contributed by atoms with E-state index in [-0.39, 0.29) is 11.8 Å². The molecule has 1 aliphatic rings. The van der Waals surface area contributed by atoms with E-state index in [0.717, 1.165) is 31.9 Å². The van der Waals surface area contributed by atoms with E-state index in [2.05, 4.69) is 17.0 Å². The normalized spacial score (nSPS) is 16.9. The van der Waals surface area contributed by atoms with Crippen LogP contribution in [0.1, 0.15) is 6.92 Å². The van der Waals surface area contributed by atoms with E-state index in [1.165, 1.54) is 5.69 Å². The number of piperazine rings is 1. The van der Waals surface area contributed by atoms with Gasteiger partial charge in [-0.2, -0.15) is 0 Å². The van der Waals surface area contributed by atoms with Crippen molar-refractivity contribution in [3.63, 3.8) is 0 Å². The average molecular weight is 297 g/mol. The van der Waals surface area contributed by atoms with Crippen molar-refractivity contribution < 1.29 is 9.53 Å². The van der Waals surface area contributed by atoms with E-state index in [1.807, 2.05) is 24.0 Å². The predicted molar refractivity (Wildman–Crippen MR) is 81.7 cm³/mol. The highest BCUT2D eigenvalue weighted by Crippen LogP contribution is 2.21. The lowest BCUT2D eigenvalue weighted by atomic mass is 10.1. The molecular formula is C15H21ClN2O2. The highest BCUT2D eigenvalue weighted by molar-refractivity contribution is 6.19. The zero-order chi connectivity index (χ0) is 14.5. The summed E-state index contributed by atoms with van der Waals surface area (Å²) in [5.41, 5.74) is 1.17. The average Bonchev–Trinajstić information content (AvgIpc) is 2.53. The first-order valence-electron chi connectivity index (χ1n) is 6.89. The van der Waals surface area contributed by atoms with Crippen LogP contribution in [0, 0.1) is 5.92 Å². The number of halogens is 1. The largest absolute Gasteiger partial charge is 0.497 e. The molecule has 1 aliphatic heterocycles. The maximum absolute atomic E-state index is 12.1. The number of alkyl halides is 1. The summed E-state index contributed by atoms with van der Waals surface area (Å²) in [6.45, 7) is 5.10. The van der Waals surface area contributed by atoms with Gasteiger partial charge in [0.25, 0.3) is 0 Å². The lowest BCUT2D eigenvalue weighted by Gasteiger charge is -2.37. The van der Waals surface area contributed by atoms with Crippen LogP contribution in [0.15, 0.2) is 24.3 Å². The van der Waals surface area contributed by atoms with Crippen molar-refractivity contribution in [1.82, 2.24) is 4.90 Å². The molecule has 0 bridgehead atoms. The van der Waals surface area contributed by atoms with Gasteiger partial charge in [0.15, 0.2) is 0 Å². The van der Waals surface area contributed by atoms with Gasteiger partial charge in [-0.05, 0) is 24.3 Å². The number of hydrogen-bond acceptors (Lipinski definition) is 3. The number of benzene rings is 1. The van der Waals surface area contributed by atoms with Crippen molar-refractivity contribution in [2.24, 2.45) is 5.92 Å². The minimum absolute atomic E-state index is 0.0933. The minimum Gasteiger partial charge on any atom is -0.497 e. The molecule has 1 saturated heterocycles. The fraction of sp³-hybridized carbons (Fsp3) is 0.533. The van der Waals surface area contributed by atoms with Crippen molar-refractivity contribution in [2.45, 2.75) is 6.92 Å². The molecule has 20 heavy (non-hydrogen) atoms. The highest BCUT2D eigenvalue weighted by Gasteiger charge is 2.24. The van der Waals surface area contributed by atoms with Gasteiger partial charge in [0, 0.05) is 43.7 Å². The summed E-state index contributed by atoms with van der Waals surface area (Å²) in [5.74, 6) is 1.31. The summed E-state index contributed by atoms with van der Waals surface area (Å²) in [6.07, 6.45) is 0. The number of carbonyl (C=O) groups is 1. The molecule has 1 atom stereocenters. The van der Waals surface area contributed by atoms with Crippen LogP contribution in [0.25, 0.3) is 0 Å². The molecule has 1 heterocycles. The Hall–Kier alpha value is -1.42. The second-order valence-electron chi connectivity index (χ2n) is 5.07. The van der Waals surface area contributed by atoms with E-state index in [1.54, 1.807) is 7.11 Å². The molecule has 0 aliphatic carbocycles. The Bertz CT molecular complexity index is 442. The molecule has 5 heteroatoms. The lowest BCUT2D eigenvalue weighted by molar-refractivity contribution is -0.134. The Morgan fingerprint density at radius 2 is 1.85 bits per heavy atom. The van der Waals surface area contributed by atoms with Gasteiger partial charge < -0.3 is 14.5 Å².